The fourth-order valence-corrected chi connectivity index (χ4v) is 5.17. The lowest BCUT2D eigenvalue weighted by atomic mass is 9.92. The number of nitrogens with zero attached hydrogens (tertiary/aromatic N) is 5. The number of hydrogen-bond donors (Lipinski definition) is 3. The summed E-state index contributed by atoms with van der Waals surface area (Å²) in [6.07, 6.45) is 1.37. The maximum atomic E-state index is 14.3. The topological polar surface area (TPSA) is 149 Å². The summed E-state index contributed by atoms with van der Waals surface area (Å²) in [6.45, 7) is 2.63. The SMILES string of the molecule is CNC(=O)CCn1c(=O)c(=O)n(CC2COC2)c2ccc(Nc3nc(N4C[C@@H](N)C(F)(F)[C@@H](C)C4)ncc3Cl)cc21. The number of ether oxygens (including phenoxy) is 1. The summed E-state index contributed by atoms with van der Waals surface area (Å²) in [5, 5.41) is 5.81. The third kappa shape index (κ3) is 5.63. The minimum Gasteiger partial charge on any atom is -0.381 e. The van der Waals surface area contributed by atoms with Crippen LogP contribution in [0.3, 0.4) is 0 Å². The zero-order valence-electron chi connectivity index (χ0n) is 22.6. The van der Waals surface area contributed by atoms with Crippen molar-refractivity contribution in [2.75, 3.05) is 43.6 Å². The van der Waals surface area contributed by atoms with Crippen LogP contribution in [-0.4, -0.2) is 70.3 Å². The number of alkyl halides is 2. The van der Waals surface area contributed by atoms with Crippen molar-refractivity contribution in [3.8, 4) is 0 Å². The highest BCUT2D eigenvalue weighted by atomic mass is 35.5. The molecule has 0 saturated carbocycles. The van der Waals surface area contributed by atoms with Gasteiger partial charge in [0.1, 0.15) is 5.02 Å². The Labute approximate surface area is 238 Å². The van der Waals surface area contributed by atoms with Crippen molar-refractivity contribution in [3.63, 3.8) is 0 Å². The molecule has 0 bridgehead atoms. The van der Waals surface area contributed by atoms with E-state index in [9.17, 15) is 23.2 Å². The van der Waals surface area contributed by atoms with Crippen LogP contribution in [0.25, 0.3) is 11.0 Å². The second kappa shape index (κ2) is 11.3. The molecule has 3 aromatic rings. The van der Waals surface area contributed by atoms with Crippen molar-refractivity contribution < 1.29 is 18.3 Å². The van der Waals surface area contributed by atoms with Crippen LogP contribution in [0, 0.1) is 11.8 Å². The summed E-state index contributed by atoms with van der Waals surface area (Å²) in [5.74, 6) is -3.77. The number of amides is 1. The number of hydrogen-bond acceptors (Lipinski definition) is 9. The molecule has 1 amide bonds. The number of benzene rings is 1. The number of aromatic nitrogens is 4. The first-order valence-electron chi connectivity index (χ1n) is 13.2. The number of rotatable bonds is 8. The maximum Gasteiger partial charge on any atom is 0.316 e. The van der Waals surface area contributed by atoms with Crippen molar-refractivity contribution >= 4 is 46.0 Å². The third-order valence-electron chi connectivity index (χ3n) is 7.56. The molecular formula is C26H31ClF2N8O4. The number of carbonyl (C=O) groups is 1. The molecule has 0 unspecified atom stereocenters. The summed E-state index contributed by atoms with van der Waals surface area (Å²) in [6, 6.07) is 3.71. The Kier molecular flexibility index (Phi) is 7.99. The Balaban J connectivity index is 1.51. The van der Waals surface area contributed by atoms with Gasteiger partial charge in [-0.05, 0) is 18.2 Å². The first kappa shape index (κ1) is 28.9. The fraction of sp³-hybridized carbons (Fsp3) is 0.500. The number of halogens is 3. The first-order valence-corrected chi connectivity index (χ1v) is 13.6. The van der Waals surface area contributed by atoms with E-state index in [0.29, 0.717) is 36.5 Å². The summed E-state index contributed by atoms with van der Waals surface area (Å²) >= 11 is 6.38. The van der Waals surface area contributed by atoms with Crippen LogP contribution in [0.15, 0.2) is 34.0 Å². The number of carbonyl (C=O) groups excluding carboxylic acids is 1. The van der Waals surface area contributed by atoms with Gasteiger partial charge in [-0.1, -0.05) is 18.5 Å². The van der Waals surface area contributed by atoms with Crippen LogP contribution in [0.1, 0.15) is 13.3 Å². The number of anilines is 3. The molecule has 12 nitrogen and oxygen atoms in total. The largest absolute Gasteiger partial charge is 0.381 e. The van der Waals surface area contributed by atoms with Crippen molar-refractivity contribution in [1.29, 1.82) is 0 Å². The van der Waals surface area contributed by atoms with Gasteiger partial charge < -0.3 is 35.1 Å². The highest BCUT2D eigenvalue weighted by molar-refractivity contribution is 6.32. The molecule has 0 spiro atoms. The van der Waals surface area contributed by atoms with Crippen LogP contribution < -0.4 is 32.4 Å². The van der Waals surface area contributed by atoms with E-state index in [2.05, 4.69) is 20.6 Å². The van der Waals surface area contributed by atoms with Gasteiger partial charge in [-0.3, -0.25) is 14.4 Å². The molecule has 2 saturated heterocycles. The van der Waals surface area contributed by atoms with Crippen LogP contribution in [0.2, 0.25) is 5.02 Å². The molecule has 0 aliphatic carbocycles. The molecule has 220 valence electrons. The third-order valence-corrected chi connectivity index (χ3v) is 7.84. The minimum atomic E-state index is -3.00. The van der Waals surface area contributed by atoms with Gasteiger partial charge in [0, 0.05) is 57.2 Å². The average Bonchev–Trinajstić information content (AvgIpc) is 2.92. The summed E-state index contributed by atoms with van der Waals surface area (Å²) < 4.78 is 36.5. The lowest BCUT2D eigenvalue weighted by Crippen LogP contribution is -2.60. The Morgan fingerprint density at radius 3 is 2.59 bits per heavy atom. The molecule has 4 heterocycles. The molecule has 2 aliphatic heterocycles. The van der Waals surface area contributed by atoms with E-state index < -0.39 is 29.0 Å². The molecule has 0 radical (unpaired) electrons. The normalized spacial score (nSPS) is 20.6. The monoisotopic (exact) mass is 592 g/mol. The predicted octanol–water partition coefficient (Wildman–Crippen LogP) is 1.55. The molecule has 2 aromatic heterocycles. The molecule has 2 aliphatic rings. The standard InChI is InChI=1S/C26H31ClF2N8O4/c1-14-9-35(11-20(30)26(14,28)29)25-32-8-17(27)22(34-25)33-16-3-4-18-19(7-16)36(6-5-21(38)31-2)23(39)24(40)37(18)10-15-12-41-13-15/h3-4,7-8,14-15,20H,5-6,9-13,30H2,1-2H3,(H,31,38)(H,32,33,34)/t14-,20+/m0/s1. The van der Waals surface area contributed by atoms with Gasteiger partial charge in [0.05, 0.1) is 36.5 Å². The van der Waals surface area contributed by atoms with E-state index in [0.717, 1.165) is 0 Å². The van der Waals surface area contributed by atoms with E-state index in [1.807, 2.05) is 0 Å². The second-order valence-corrected chi connectivity index (χ2v) is 10.9. The maximum absolute atomic E-state index is 14.3. The van der Waals surface area contributed by atoms with Crippen LogP contribution in [-0.2, 0) is 22.6 Å². The van der Waals surface area contributed by atoms with Crippen LogP contribution in [0.5, 0.6) is 0 Å². The quantitative estimate of drug-likeness (QED) is 0.331. The smallest absolute Gasteiger partial charge is 0.316 e. The molecule has 2 fully saturated rings. The first-order chi connectivity index (χ1) is 19.5. The number of nitrogens with one attached hydrogen (secondary N) is 2. The molecule has 5 rings (SSSR count). The van der Waals surface area contributed by atoms with Crippen LogP contribution >= 0.6 is 11.6 Å². The van der Waals surface area contributed by atoms with Gasteiger partial charge in [-0.15, -0.1) is 0 Å². The van der Waals surface area contributed by atoms with E-state index >= 15 is 0 Å². The van der Waals surface area contributed by atoms with E-state index in [4.69, 9.17) is 22.1 Å². The van der Waals surface area contributed by atoms with Crippen molar-refractivity contribution in [2.45, 2.75) is 38.4 Å². The number of fused-ring (bicyclic) bond motifs is 1. The Morgan fingerprint density at radius 2 is 1.93 bits per heavy atom. The molecule has 2 atom stereocenters. The molecule has 1 aromatic carbocycles. The summed E-state index contributed by atoms with van der Waals surface area (Å²) in [4.78, 5) is 48.5. The highest BCUT2D eigenvalue weighted by Gasteiger charge is 2.48. The minimum absolute atomic E-state index is 0.000377. The number of piperidine rings is 1. The zero-order chi connectivity index (χ0) is 29.5. The van der Waals surface area contributed by atoms with E-state index in [-0.39, 0.29) is 54.7 Å². The van der Waals surface area contributed by atoms with Gasteiger partial charge in [-0.25, -0.2) is 13.8 Å². The van der Waals surface area contributed by atoms with E-state index in [1.165, 1.54) is 29.3 Å². The second-order valence-electron chi connectivity index (χ2n) is 10.5. The Hall–Kier alpha value is -3.62. The average molecular weight is 593 g/mol. The van der Waals surface area contributed by atoms with Gasteiger partial charge in [0.25, 0.3) is 5.92 Å². The van der Waals surface area contributed by atoms with Crippen molar-refractivity contribution in [2.24, 2.45) is 17.6 Å². The van der Waals surface area contributed by atoms with Gasteiger partial charge in [0.15, 0.2) is 5.82 Å². The van der Waals surface area contributed by atoms with Crippen LogP contribution in [0.4, 0.5) is 26.2 Å². The molecule has 4 N–H and O–H groups in total. The summed E-state index contributed by atoms with van der Waals surface area (Å²) in [7, 11) is 1.49. The van der Waals surface area contributed by atoms with Gasteiger partial charge in [-0.2, -0.15) is 4.98 Å². The summed E-state index contributed by atoms with van der Waals surface area (Å²) in [5.41, 5.74) is 5.78. The van der Waals surface area contributed by atoms with Crippen molar-refractivity contribution in [1.82, 2.24) is 24.4 Å². The molecular weight excluding hydrogens is 562 g/mol. The number of nitrogens with two attached hydrogens (primary N) is 1. The zero-order valence-corrected chi connectivity index (χ0v) is 23.3. The molecule has 41 heavy (non-hydrogen) atoms. The Bertz CT molecular complexity index is 1580. The molecule has 15 heteroatoms. The van der Waals surface area contributed by atoms with E-state index in [1.54, 1.807) is 23.1 Å². The lowest BCUT2D eigenvalue weighted by molar-refractivity contribution is -0.120. The lowest BCUT2D eigenvalue weighted by Gasteiger charge is -2.40. The highest BCUT2D eigenvalue weighted by Crippen LogP contribution is 2.34. The fourth-order valence-electron chi connectivity index (χ4n) is 5.03. The Morgan fingerprint density at radius 1 is 1.20 bits per heavy atom. The van der Waals surface area contributed by atoms with Crippen molar-refractivity contribution in [3.05, 3.63) is 50.1 Å². The van der Waals surface area contributed by atoms with Gasteiger partial charge in [0.2, 0.25) is 11.9 Å². The van der Waals surface area contributed by atoms with Gasteiger partial charge >= 0.3 is 11.1 Å². The predicted molar refractivity (Wildman–Crippen MR) is 150 cm³/mol. The number of aryl methyl sites for hydroxylation is 1.